The monoisotopic (exact) mass is 277 g/mol. The minimum atomic E-state index is 0.125. The Morgan fingerprint density at radius 1 is 0.950 bits per heavy atom. The molecular weight excluding hydrogens is 242 g/mol. The fraction of sp³-hybridized carbons (Fsp3) is 0.842. The molecule has 0 saturated carbocycles. The van der Waals surface area contributed by atoms with E-state index >= 15 is 0 Å². The van der Waals surface area contributed by atoms with Crippen molar-refractivity contribution in [3.63, 3.8) is 0 Å². The number of unbranched alkanes of at least 4 members (excludes halogenated alkanes) is 1. The molecular formula is C19H35N. The Bertz CT molecular complexity index is 288. The van der Waals surface area contributed by atoms with Gasteiger partial charge in [0.1, 0.15) is 0 Å². The Morgan fingerprint density at radius 2 is 1.55 bits per heavy atom. The Balaban J connectivity index is 2.75. The molecule has 0 spiro atoms. The number of allylic oxidation sites excluding steroid dienone is 1. The van der Waals surface area contributed by atoms with Crippen molar-refractivity contribution in [3.8, 4) is 0 Å². The average molecular weight is 277 g/mol. The normalized spacial score (nSPS) is 21.8. The second kappa shape index (κ2) is 8.64. The molecule has 1 aliphatic heterocycles. The quantitative estimate of drug-likeness (QED) is 0.461. The molecule has 0 aromatic rings. The van der Waals surface area contributed by atoms with Gasteiger partial charge in [-0.05, 0) is 43.1 Å². The van der Waals surface area contributed by atoms with Crippen molar-refractivity contribution in [2.45, 2.75) is 85.1 Å². The summed E-state index contributed by atoms with van der Waals surface area (Å²) in [5, 5.41) is 0. The summed E-state index contributed by atoms with van der Waals surface area (Å²) in [6.07, 6.45) is 15.7. The van der Waals surface area contributed by atoms with Crippen molar-refractivity contribution in [1.82, 2.24) is 0 Å². The zero-order valence-electron chi connectivity index (χ0n) is 14.4. The largest absolute Gasteiger partial charge is 0.282 e. The van der Waals surface area contributed by atoms with Crippen LogP contribution in [0.3, 0.4) is 0 Å². The van der Waals surface area contributed by atoms with E-state index in [4.69, 9.17) is 4.99 Å². The van der Waals surface area contributed by atoms with Crippen LogP contribution >= 0.6 is 0 Å². The van der Waals surface area contributed by atoms with Crippen LogP contribution in [0.5, 0.6) is 0 Å². The minimum Gasteiger partial charge on any atom is -0.282 e. The van der Waals surface area contributed by atoms with Crippen molar-refractivity contribution >= 4 is 6.21 Å². The van der Waals surface area contributed by atoms with Gasteiger partial charge >= 0.3 is 0 Å². The summed E-state index contributed by atoms with van der Waals surface area (Å²) in [5.41, 5.74) is 0.125. The molecule has 1 nitrogen and oxygen atoms in total. The Labute approximate surface area is 127 Å². The fourth-order valence-electron chi connectivity index (χ4n) is 3.20. The Morgan fingerprint density at radius 3 is 1.95 bits per heavy atom. The zero-order chi connectivity index (χ0) is 15.0. The fourth-order valence-corrected chi connectivity index (χ4v) is 3.20. The van der Waals surface area contributed by atoms with Gasteiger partial charge in [0.25, 0.3) is 0 Å². The molecule has 0 amide bonds. The summed E-state index contributed by atoms with van der Waals surface area (Å²) < 4.78 is 0. The molecule has 20 heavy (non-hydrogen) atoms. The van der Waals surface area contributed by atoms with Gasteiger partial charge in [0.2, 0.25) is 0 Å². The highest BCUT2D eigenvalue weighted by Crippen LogP contribution is 2.39. The van der Waals surface area contributed by atoms with E-state index < -0.39 is 0 Å². The highest BCUT2D eigenvalue weighted by atomic mass is 14.9. The molecule has 1 heteroatoms. The van der Waals surface area contributed by atoms with Crippen LogP contribution in [0.1, 0.15) is 79.6 Å². The number of hydrogen-bond donors (Lipinski definition) is 0. The predicted octanol–water partition coefficient (Wildman–Crippen LogP) is 6.04. The summed E-state index contributed by atoms with van der Waals surface area (Å²) in [6.45, 7) is 11.6. The zero-order valence-corrected chi connectivity index (χ0v) is 14.4. The lowest BCUT2D eigenvalue weighted by molar-refractivity contribution is 0.250. The number of rotatable bonds is 10. The van der Waals surface area contributed by atoms with Crippen molar-refractivity contribution in [3.05, 3.63) is 12.2 Å². The molecule has 0 N–H and O–H groups in total. The average Bonchev–Trinajstić information content (AvgIpc) is 2.85. The molecule has 0 radical (unpaired) electrons. The topological polar surface area (TPSA) is 12.4 Å². The summed E-state index contributed by atoms with van der Waals surface area (Å²) >= 11 is 0. The second-order valence-electron chi connectivity index (χ2n) is 7.37. The van der Waals surface area contributed by atoms with Crippen LogP contribution in [0.15, 0.2) is 17.1 Å². The summed E-state index contributed by atoms with van der Waals surface area (Å²) in [7, 11) is 0. The molecule has 0 saturated heterocycles. The maximum Gasteiger partial charge on any atom is 0.0819 e. The summed E-state index contributed by atoms with van der Waals surface area (Å²) in [4.78, 5) is 4.92. The molecule has 1 atom stereocenters. The molecule has 0 aromatic carbocycles. The predicted molar refractivity (Wildman–Crippen MR) is 91.5 cm³/mol. The molecule has 0 aromatic heterocycles. The SMILES string of the molecule is CCCCC1(C(CCC(C)C)CCC(C)C)C=CC=N1. The van der Waals surface area contributed by atoms with Gasteiger partial charge in [-0.15, -0.1) is 0 Å². The minimum absolute atomic E-state index is 0.125. The molecule has 1 heterocycles. The molecule has 0 aliphatic carbocycles. The van der Waals surface area contributed by atoms with E-state index in [1.165, 1.54) is 44.9 Å². The van der Waals surface area contributed by atoms with Crippen LogP contribution in [0.4, 0.5) is 0 Å². The van der Waals surface area contributed by atoms with Crippen molar-refractivity contribution in [1.29, 1.82) is 0 Å². The summed E-state index contributed by atoms with van der Waals surface area (Å²) in [5.74, 6) is 2.33. The van der Waals surface area contributed by atoms with Crippen LogP contribution in [0, 0.1) is 17.8 Å². The highest BCUT2D eigenvalue weighted by Gasteiger charge is 2.36. The van der Waals surface area contributed by atoms with E-state index in [0.717, 1.165) is 17.8 Å². The van der Waals surface area contributed by atoms with Gasteiger partial charge in [-0.2, -0.15) is 0 Å². The van der Waals surface area contributed by atoms with E-state index in [0.29, 0.717) is 0 Å². The third-order valence-corrected chi connectivity index (χ3v) is 4.61. The Hall–Kier alpha value is -0.590. The van der Waals surface area contributed by atoms with Crippen molar-refractivity contribution in [2.75, 3.05) is 0 Å². The van der Waals surface area contributed by atoms with E-state index in [-0.39, 0.29) is 5.54 Å². The maximum absolute atomic E-state index is 4.92. The molecule has 1 aliphatic rings. The van der Waals surface area contributed by atoms with E-state index in [2.05, 4.69) is 46.8 Å². The first-order valence-corrected chi connectivity index (χ1v) is 8.73. The summed E-state index contributed by atoms with van der Waals surface area (Å²) in [6, 6.07) is 0. The van der Waals surface area contributed by atoms with Crippen molar-refractivity contribution < 1.29 is 0 Å². The van der Waals surface area contributed by atoms with Gasteiger partial charge in [-0.3, -0.25) is 4.99 Å². The first-order chi connectivity index (χ1) is 9.50. The number of aliphatic imine (C=N–C) groups is 1. The molecule has 0 bridgehead atoms. The maximum atomic E-state index is 4.92. The van der Waals surface area contributed by atoms with E-state index in [9.17, 15) is 0 Å². The molecule has 1 rings (SSSR count). The molecule has 0 fully saturated rings. The third kappa shape index (κ3) is 5.42. The van der Waals surface area contributed by atoms with Gasteiger partial charge in [0.15, 0.2) is 0 Å². The van der Waals surface area contributed by atoms with Crippen LogP contribution in [0.25, 0.3) is 0 Å². The molecule has 1 unspecified atom stereocenters. The van der Waals surface area contributed by atoms with Gasteiger partial charge in [0, 0.05) is 6.21 Å². The number of hydrogen-bond acceptors (Lipinski definition) is 1. The van der Waals surface area contributed by atoms with E-state index in [1.807, 2.05) is 6.21 Å². The molecule has 116 valence electrons. The van der Waals surface area contributed by atoms with Crippen LogP contribution in [-0.4, -0.2) is 11.8 Å². The highest BCUT2D eigenvalue weighted by molar-refractivity contribution is 5.75. The van der Waals surface area contributed by atoms with Crippen molar-refractivity contribution in [2.24, 2.45) is 22.7 Å². The Kier molecular flexibility index (Phi) is 7.55. The van der Waals surface area contributed by atoms with E-state index in [1.54, 1.807) is 0 Å². The van der Waals surface area contributed by atoms with Crippen LogP contribution in [0.2, 0.25) is 0 Å². The third-order valence-electron chi connectivity index (χ3n) is 4.61. The lowest BCUT2D eigenvalue weighted by Gasteiger charge is -2.35. The standard InChI is InChI=1S/C19H35N/c1-6-7-13-19(14-8-15-20-19)18(11-9-16(2)3)12-10-17(4)5/h8,14-18H,6-7,9-13H2,1-5H3. The number of nitrogens with zero attached hydrogens (tertiary/aromatic N) is 1. The lowest BCUT2D eigenvalue weighted by Crippen LogP contribution is -2.33. The first-order valence-electron chi connectivity index (χ1n) is 8.73. The first kappa shape index (κ1) is 17.5. The van der Waals surface area contributed by atoms with Gasteiger partial charge < -0.3 is 0 Å². The van der Waals surface area contributed by atoms with Gasteiger partial charge in [-0.25, -0.2) is 0 Å². The van der Waals surface area contributed by atoms with Gasteiger partial charge in [-0.1, -0.05) is 66.4 Å². The second-order valence-corrected chi connectivity index (χ2v) is 7.37. The van der Waals surface area contributed by atoms with Gasteiger partial charge in [0.05, 0.1) is 5.54 Å². The van der Waals surface area contributed by atoms with Crippen LogP contribution in [-0.2, 0) is 0 Å². The smallest absolute Gasteiger partial charge is 0.0819 e. The lowest BCUT2D eigenvalue weighted by atomic mass is 9.74. The van der Waals surface area contributed by atoms with Crippen LogP contribution < -0.4 is 0 Å².